The van der Waals surface area contributed by atoms with Gasteiger partial charge in [-0.2, -0.15) is 8.15 Å². The molecule has 0 aliphatic rings. The Morgan fingerprint density at radius 3 is 1.60 bits per heavy atom. The van der Waals surface area contributed by atoms with Crippen LogP contribution in [0.3, 0.4) is 0 Å². The van der Waals surface area contributed by atoms with Crippen LogP contribution in [-0.4, -0.2) is 28.3 Å². The van der Waals surface area contributed by atoms with Gasteiger partial charge in [0.25, 0.3) is 0 Å². The summed E-state index contributed by atoms with van der Waals surface area (Å²) >= 11 is 0. The van der Waals surface area contributed by atoms with Crippen LogP contribution in [0.4, 0.5) is 29.6 Å². The molecular formula is C9H13F7NOPS. The van der Waals surface area contributed by atoms with Crippen LogP contribution >= 0.6 is 7.81 Å². The number of hydrogen-bond acceptors (Lipinski definition) is 1. The normalized spacial score (nSPS) is 17.9. The van der Waals surface area contributed by atoms with Crippen molar-refractivity contribution in [2.75, 3.05) is 20.1 Å². The molecule has 0 bridgehead atoms. The van der Waals surface area contributed by atoms with Crippen LogP contribution in [0.5, 0.6) is 0 Å². The fourth-order valence-electron chi connectivity index (χ4n) is 1.00. The maximum absolute atomic E-state index is 12.7. The minimum atomic E-state index is -10.7. The Balaban J connectivity index is 0.000000441. The molecule has 0 aliphatic heterocycles. The van der Waals surface area contributed by atoms with Crippen molar-refractivity contribution >= 4 is 17.5 Å². The molecular weight excluding hydrogens is 334 g/mol. The number of benzene rings is 1. The van der Waals surface area contributed by atoms with E-state index in [1.807, 2.05) is 6.07 Å². The van der Waals surface area contributed by atoms with Crippen molar-refractivity contribution in [1.29, 1.82) is 0 Å². The van der Waals surface area contributed by atoms with Gasteiger partial charge >= 0.3 is 33.0 Å². The molecule has 0 aliphatic carbocycles. The molecule has 0 fully saturated rings. The van der Waals surface area contributed by atoms with Crippen LogP contribution in [0.1, 0.15) is 0 Å². The van der Waals surface area contributed by atoms with Gasteiger partial charge in [-0.3, -0.25) is 0 Å². The standard InChI is InChI=1S/C9H13FNOS.F6P/c1-11(2)13(12,8-10)9-6-4-3-5-7-9;1-7(2,3,4,5)6/h3-7H,8H2,1-2H3;/q+1;-1. The zero-order chi connectivity index (χ0) is 16.3. The molecule has 1 aromatic rings. The molecule has 0 aromatic heterocycles. The van der Waals surface area contributed by atoms with Crippen LogP contribution in [0.15, 0.2) is 35.2 Å². The average molecular weight is 347 g/mol. The number of alkyl halides is 1. The Kier molecular flexibility index (Phi) is 4.91. The summed E-state index contributed by atoms with van der Waals surface area (Å²) in [7, 11) is -10.1. The molecule has 0 amide bonds. The number of halogens is 7. The van der Waals surface area contributed by atoms with E-state index in [0.717, 1.165) is 0 Å². The van der Waals surface area contributed by atoms with Gasteiger partial charge in [0.15, 0.2) is 0 Å². The van der Waals surface area contributed by atoms with Gasteiger partial charge in [0, 0.05) is 0 Å². The first-order valence-corrected chi connectivity index (χ1v) is 8.64. The minimum absolute atomic E-state index is 0.544. The Morgan fingerprint density at radius 1 is 1.00 bits per heavy atom. The van der Waals surface area contributed by atoms with Gasteiger partial charge in [0.05, 0.1) is 4.90 Å². The van der Waals surface area contributed by atoms with Crippen molar-refractivity contribution in [1.82, 2.24) is 0 Å². The third-order valence-electron chi connectivity index (χ3n) is 1.85. The summed E-state index contributed by atoms with van der Waals surface area (Å²) in [5, 5.41) is 0. The molecule has 11 heteroatoms. The Labute approximate surface area is 111 Å². The molecule has 1 unspecified atom stereocenters. The summed E-state index contributed by atoms with van der Waals surface area (Å²) in [5.41, 5.74) is 0. The predicted octanol–water partition coefficient (Wildman–Crippen LogP) is 5.10. The SMILES string of the molecule is C[N+](C)=S(=O)(CF)c1ccccc1.F[P-](F)(F)(F)(F)F. The summed E-state index contributed by atoms with van der Waals surface area (Å²) in [4.78, 5) is 0.544. The van der Waals surface area contributed by atoms with E-state index in [0.29, 0.717) is 4.90 Å². The average Bonchev–Trinajstić information content (AvgIpc) is 2.24. The number of rotatable bonds is 2. The zero-order valence-corrected chi connectivity index (χ0v) is 12.2. The quantitative estimate of drug-likeness (QED) is 0.414. The maximum atomic E-state index is 12.7. The Bertz CT molecular complexity index is 559. The van der Waals surface area contributed by atoms with Gasteiger partial charge in [-0.1, -0.05) is 18.2 Å². The van der Waals surface area contributed by atoms with Crippen molar-refractivity contribution in [2.24, 2.45) is 0 Å². The van der Waals surface area contributed by atoms with Crippen LogP contribution < -0.4 is 0 Å². The van der Waals surface area contributed by atoms with Gasteiger partial charge in [0.2, 0.25) is 15.7 Å². The van der Waals surface area contributed by atoms with E-state index in [1.54, 1.807) is 38.4 Å². The molecule has 20 heavy (non-hydrogen) atoms. The van der Waals surface area contributed by atoms with Gasteiger partial charge in [0.1, 0.15) is 14.1 Å². The summed E-state index contributed by atoms with van der Waals surface area (Å²) in [6.07, 6.45) is 0. The van der Waals surface area contributed by atoms with E-state index in [9.17, 15) is 33.8 Å². The van der Waals surface area contributed by atoms with Crippen LogP contribution in [-0.2, 0) is 9.73 Å². The third-order valence-corrected chi connectivity index (χ3v) is 4.33. The van der Waals surface area contributed by atoms with Crippen molar-refractivity contribution in [2.45, 2.75) is 4.90 Å². The van der Waals surface area contributed by atoms with Gasteiger partial charge in [-0.25, -0.2) is 4.39 Å². The van der Waals surface area contributed by atoms with Gasteiger partial charge in [-0.05, 0) is 12.1 Å². The fraction of sp³-hybridized carbons (Fsp3) is 0.333. The molecule has 2 nitrogen and oxygen atoms in total. The molecule has 0 heterocycles. The molecule has 0 saturated heterocycles. The van der Waals surface area contributed by atoms with Crippen molar-refractivity contribution in [3.05, 3.63) is 30.3 Å². The first-order valence-electron chi connectivity index (χ1n) is 4.93. The zero-order valence-electron chi connectivity index (χ0n) is 10.5. The predicted molar refractivity (Wildman–Crippen MR) is 64.5 cm³/mol. The second-order valence-electron chi connectivity index (χ2n) is 3.83. The summed E-state index contributed by atoms with van der Waals surface area (Å²) < 4.78 is 85.3. The number of nitrogens with zero attached hydrogens (tertiary/aromatic N) is 1. The van der Waals surface area contributed by atoms with Crippen molar-refractivity contribution < 1.29 is 37.7 Å². The summed E-state index contributed by atoms with van der Waals surface area (Å²) in [6.45, 7) is 0. The van der Waals surface area contributed by atoms with E-state index >= 15 is 0 Å². The van der Waals surface area contributed by atoms with Gasteiger partial charge in [-0.15, -0.1) is 0 Å². The fourth-order valence-corrected chi connectivity index (χ4v) is 2.33. The second-order valence-corrected chi connectivity index (χ2v) is 8.45. The second kappa shape index (κ2) is 5.14. The molecule has 1 atom stereocenters. The van der Waals surface area contributed by atoms with E-state index in [1.165, 1.54) is 3.95 Å². The number of hydrogen-bond donors (Lipinski definition) is 0. The molecule has 120 valence electrons. The van der Waals surface area contributed by atoms with E-state index in [-0.39, 0.29) is 0 Å². The Hall–Kier alpha value is -0.890. The molecule has 0 radical (unpaired) electrons. The summed E-state index contributed by atoms with van der Waals surface area (Å²) in [5.74, 6) is 0. The van der Waals surface area contributed by atoms with E-state index < -0.39 is 23.5 Å². The van der Waals surface area contributed by atoms with E-state index in [4.69, 9.17) is 0 Å². The molecule has 1 rings (SSSR count). The topological polar surface area (TPSA) is 20.1 Å². The first kappa shape index (κ1) is 19.1. The molecule has 0 N–H and O–H groups in total. The third kappa shape index (κ3) is 9.08. The molecule has 0 spiro atoms. The monoisotopic (exact) mass is 347 g/mol. The Morgan fingerprint density at radius 2 is 1.35 bits per heavy atom. The van der Waals surface area contributed by atoms with E-state index in [2.05, 4.69) is 0 Å². The van der Waals surface area contributed by atoms with Crippen LogP contribution in [0.2, 0.25) is 0 Å². The van der Waals surface area contributed by atoms with Crippen molar-refractivity contribution in [3.8, 4) is 0 Å². The molecule has 1 aromatic carbocycles. The van der Waals surface area contributed by atoms with Crippen LogP contribution in [0.25, 0.3) is 0 Å². The summed E-state index contributed by atoms with van der Waals surface area (Å²) in [6, 6.07) is 7.85. The van der Waals surface area contributed by atoms with Crippen molar-refractivity contribution in [3.63, 3.8) is 0 Å². The van der Waals surface area contributed by atoms with Crippen LogP contribution in [0, 0.1) is 0 Å². The first-order chi connectivity index (χ1) is 8.56. The van der Waals surface area contributed by atoms with Gasteiger partial charge < -0.3 is 0 Å². The molecule has 0 saturated carbocycles.